The van der Waals surface area contributed by atoms with E-state index in [0.717, 1.165) is 40.0 Å². The van der Waals surface area contributed by atoms with Crippen LogP contribution in [0.5, 0.6) is 0 Å². The highest BCUT2D eigenvalue weighted by Gasteiger charge is 2.10. The Hall–Kier alpha value is -2.74. The molecule has 0 aliphatic heterocycles. The lowest BCUT2D eigenvalue weighted by atomic mass is 10.1. The molecule has 3 aromatic rings. The second-order valence-corrected chi connectivity index (χ2v) is 5.35. The van der Waals surface area contributed by atoms with Crippen molar-refractivity contribution >= 4 is 16.5 Å². The number of allylic oxidation sites excluding steroid dienone is 4. The zero-order chi connectivity index (χ0) is 16.1. The summed E-state index contributed by atoms with van der Waals surface area (Å²) in [5, 5.41) is 1.08. The average Bonchev–Trinajstić information content (AvgIpc) is 2.61. The van der Waals surface area contributed by atoms with E-state index in [0.29, 0.717) is 0 Å². The largest absolute Gasteiger partial charge is 0.228 e. The van der Waals surface area contributed by atoms with Gasteiger partial charge in [0, 0.05) is 16.5 Å². The number of fused-ring (bicyclic) bond motifs is 1. The first kappa shape index (κ1) is 15.2. The highest BCUT2D eigenvalue weighted by Crippen LogP contribution is 2.27. The molecule has 0 saturated carbocycles. The van der Waals surface area contributed by atoms with Crippen molar-refractivity contribution in [2.45, 2.75) is 20.3 Å². The molecule has 0 radical (unpaired) electrons. The molecule has 2 heteroatoms. The van der Waals surface area contributed by atoms with Crippen molar-refractivity contribution in [3.63, 3.8) is 0 Å². The molecule has 0 amide bonds. The van der Waals surface area contributed by atoms with Gasteiger partial charge in [-0.3, -0.25) is 0 Å². The van der Waals surface area contributed by atoms with Crippen LogP contribution in [-0.2, 0) is 0 Å². The highest BCUT2D eigenvalue weighted by molar-refractivity contribution is 5.93. The van der Waals surface area contributed by atoms with Crippen LogP contribution >= 0.6 is 0 Å². The first-order chi connectivity index (χ1) is 11.3. The fourth-order valence-electron chi connectivity index (χ4n) is 2.66. The zero-order valence-corrected chi connectivity index (χ0v) is 13.5. The van der Waals surface area contributed by atoms with Gasteiger partial charge in [-0.05, 0) is 19.4 Å². The number of nitrogens with zero attached hydrogens (tertiary/aromatic N) is 2. The van der Waals surface area contributed by atoms with Crippen molar-refractivity contribution in [3.8, 4) is 11.3 Å². The maximum Gasteiger partial charge on any atom is 0.160 e. The first-order valence-electron chi connectivity index (χ1n) is 7.99. The van der Waals surface area contributed by atoms with Crippen molar-refractivity contribution in [2.75, 3.05) is 0 Å². The van der Waals surface area contributed by atoms with E-state index in [1.54, 1.807) is 0 Å². The lowest BCUT2D eigenvalue weighted by molar-refractivity contribution is 1.15. The van der Waals surface area contributed by atoms with Crippen LogP contribution in [0.15, 0.2) is 72.8 Å². The van der Waals surface area contributed by atoms with Crippen molar-refractivity contribution in [2.24, 2.45) is 0 Å². The molecule has 0 fully saturated rings. The van der Waals surface area contributed by atoms with Crippen LogP contribution in [0.2, 0.25) is 0 Å². The first-order valence-corrected chi connectivity index (χ1v) is 7.99. The molecule has 0 spiro atoms. The summed E-state index contributed by atoms with van der Waals surface area (Å²) in [5.41, 5.74) is 4.14. The van der Waals surface area contributed by atoms with Gasteiger partial charge in [-0.25, -0.2) is 9.97 Å². The molecule has 2 aromatic carbocycles. The Labute approximate surface area is 137 Å². The van der Waals surface area contributed by atoms with E-state index in [2.05, 4.69) is 37.3 Å². The quantitative estimate of drug-likeness (QED) is 0.580. The molecule has 114 valence electrons. The fraction of sp³-hybridized carbons (Fsp3) is 0.143. The highest BCUT2D eigenvalue weighted by atomic mass is 14.9. The van der Waals surface area contributed by atoms with Crippen LogP contribution in [0.25, 0.3) is 27.7 Å². The van der Waals surface area contributed by atoms with E-state index < -0.39 is 0 Å². The summed E-state index contributed by atoms with van der Waals surface area (Å²) in [7, 11) is 0. The second-order valence-electron chi connectivity index (χ2n) is 5.35. The number of benzene rings is 2. The molecule has 0 aliphatic rings. The molecular weight excluding hydrogens is 280 g/mol. The summed E-state index contributed by atoms with van der Waals surface area (Å²) in [6, 6.07) is 18.5. The normalized spacial score (nSPS) is 12.2. The number of hydrogen-bond donors (Lipinski definition) is 0. The second kappa shape index (κ2) is 7.01. The molecule has 0 saturated heterocycles. The van der Waals surface area contributed by atoms with Gasteiger partial charge in [-0.1, -0.05) is 73.7 Å². The Morgan fingerprint density at radius 3 is 2.43 bits per heavy atom. The molecule has 2 nitrogen and oxygen atoms in total. The predicted octanol–water partition coefficient (Wildman–Crippen LogP) is 5.67. The molecule has 1 aromatic heterocycles. The van der Waals surface area contributed by atoms with Crippen LogP contribution < -0.4 is 0 Å². The van der Waals surface area contributed by atoms with Crippen LogP contribution in [0.1, 0.15) is 26.1 Å². The third kappa shape index (κ3) is 3.21. The van der Waals surface area contributed by atoms with Crippen molar-refractivity contribution in [3.05, 3.63) is 78.6 Å². The molecule has 0 aliphatic carbocycles. The number of rotatable bonds is 4. The zero-order valence-electron chi connectivity index (χ0n) is 13.5. The Morgan fingerprint density at radius 2 is 1.70 bits per heavy atom. The summed E-state index contributed by atoms with van der Waals surface area (Å²) < 4.78 is 0. The third-order valence-electron chi connectivity index (χ3n) is 3.68. The minimum atomic E-state index is 0.780. The number of hydrogen-bond acceptors (Lipinski definition) is 2. The Kier molecular flexibility index (Phi) is 4.62. The van der Waals surface area contributed by atoms with E-state index in [1.807, 2.05) is 49.4 Å². The van der Waals surface area contributed by atoms with Crippen LogP contribution in [0, 0.1) is 0 Å². The standard InChI is InChI=1S/C21H20N2/c1-3-10-17(11-4-2)21-22-19-15-9-8-14-18(19)20(23-21)16-12-6-5-7-13-16/h3,5-15H,4H2,1-2H3/b10-3-,17-11+. The minimum absolute atomic E-state index is 0.780. The van der Waals surface area contributed by atoms with Gasteiger partial charge >= 0.3 is 0 Å². The third-order valence-corrected chi connectivity index (χ3v) is 3.68. The maximum atomic E-state index is 4.88. The topological polar surface area (TPSA) is 25.8 Å². The van der Waals surface area contributed by atoms with Gasteiger partial charge in [0.15, 0.2) is 5.82 Å². The summed E-state index contributed by atoms with van der Waals surface area (Å²) >= 11 is 0. The van der Waals surface area contributed by atoms with Gasteiger partial charge in [-0.15, -0.1) is 0 Å². The van der Waals surface area contributed by atoms with Gasteiger partial charge < -0.3 is 0 Å². The van der Waals surface area contributed by atoms with E-state index in [1.165, 1.54) is 0 Å². The van der Waals surface area contributed by atoms with Gasteiger partial charge in [0.1, 0.15) is 0 Å². The van der Waals surface area contributed by atoms with E-state index in [4.69, 9.17) is 9.97 Å². The van der Waals surface area contributed by atoms with Crippen molar-refractivity contribution in [1.82, 2.24) is 9.97 Å². The van der Waals surface area contributed by atoms with Gasteiger partial charge in [0.2, 0.25) is 0 Å². The van der Waals surface area contributed by atoms with Crippen LogP contribution in [0.4, 0.5) is 0 Å². The molecule has 1 heterocycles. The van der Waals surface area contributed by atoms with Gasteiger partial charge in [0.25, 0.3) is 0 Å². The Balaban J connectivity index is 2.28. The maximum absolute atomic E-state index is 4.88. The van der Waals surface area contributed by atoms with E-state index in [9.17, 15) is 0 Å². The Bertz CT molecular complexity index is 861. The Morgan fingerprint density at radius 1 is 0.957 bits per heavy atom. The molecule has 23 heavy (non-hydrogen) atoms. The number of aromatic nitrogens is 2. The SMILES string of the molecule is C/C=C\C(=C/CC)c1nc(-c2ccccc2)c2ccccc2n1. The van der Waals surface area contributed by atoms with E-state index in [-0.39, 0.29) is 0 Å². The molecular formula is C21H20N2. The number of para-hydroxylation sites is 1. The molecule has 0 unspecified atom stereocenters. The monoisotopic (exact) mass is 300 g/mol. The molecule has 0 bridgehead atoms. The summed E-state index contributed by atoms with van der Waals surface area (Å²) in [6.45, 7) is 4.14. The van der Waals surface area contributed by atoms with Crippen molar-refractivity contribution < 1.29 is 0 Å². The smallest absolute Gasteiger partial charge is 0.160 e. The average molecular weight is 300 g/mol. The summed E-state index contributed by atoms with van der Waals surface area (Å²) in [6.07, 6.45) is 7.22. The van der Waals surface area contributed by atoms with Gasteiger partial charge in [0.05, 0.1) is 11.2 Å². The molecule has 0 N–H and O–H groups in total. The van der Waals surface area contributed by atoms with E-state index >= 15 is 0 Å². The lowest BCUT2D eigenvalue weighted by Crippen LogP contribution is -1.97. The summed E-state index contributed by atoms with van der Waals surface area (Å²) in [4.78, 5) is 9.65. The van der Waals surface area contributed by atoms with Gasteiger partial charge in [-0.2, -0.15) is 0 Å². The predicted molar refractivity (Wildman–Crippen MR) is 98.1 cm³/mol. The fourth-order valence-corrected chi connectivity index (χ4v) is 2.66. The molecule has 0 atom stereocenters. The van der Waals surface area contributed by atoms with Crippen molar-refractivity contribution in [1.29, 1.82) is 0 Å². The summed E-state index contributed by atoms with van der Waals surface area (Å²) in [5.74, 6) is 0.780. The lowest BCUT2D eigenvalue weighted by Gasteiger charge is -2.09. The van der Waals surface area contributed by atoms with Crippen LogP contribution in [-0.4, -0.2) is 9.97 Å². The molecule has 3 rings (SSSR count). The van der Waals surface area contributed by atoms with Crippen LogP contribution in [0.3, 0.4) is 0 Å². The minimum Gasteiger partial charge on any atom is -0.228 e.